The van der Waals surface area contributed by atoms with Gasteiger partial charge in [0.2, 0.25) is 5.75 Å². The molecule has 136 valence electrons. The maximum atomic E-state index is 11.8. The van der Waals surface area contributed by atoms with Gasteiger partial charge >= 0.3 is 5.69 Å². The first-order chi connectivity index (χ1) is 12.4. The number of hydrogen-bond donors (Lipinski definition) is 3. The van der Waals surface area contributed by atoms with Crippen LogP contribution in [0.3, 0.4) is 0 Å². The van der Waals surface area contributed by atoms with Gasteiger partial charge in [-0.1, -0.05) is 12.1 Å². The largest absolute Gasteiger partial charge is 0.500 e. The van der Waals surface area contributed by atoms with E-state index in [2.05, 4.69) is 15.8 Å². The highest BCUT2D eigenvalue weighted by Crippen LogP contribution is 2.36. The van der Waals surface area contributed by atoms with Crippen molar-refractivity contribution in [2.45, 2.75) is 6.92 Å². The van der Waals surface area contributed by atoms with Gasteiger partial charge in [-0.05, 0) is 30.7 Å². The molecule has 1 amide bonds. The molecule has 26 heavy (non-hydrogen) atoms. The number of carbonyl (C=O) groups is 1. The Morgan fingerprint density at radius 1 is 1.38 bits per heavy atom. The van der Waals surface area contributed by atoms with Gasteiger partial charge in [-0.25, -0.2) is 5.43 Å². The van der Waals surface area contributed by atoms with Crippen LogP contribution in [0.5, 0.6) is 11.5 Å². The lowest BCUT2D eigenvalue weighted by atomic mass is 10.2. The molecule has 3 N–H and O–H groups in total. The van der Waals surface area contributed by atoms with Crippen LogP contribution in [0.25, 0.3) is 0 Å². The first kappa shape index (κ1) is 18.7. The van der Waals surface area contributed by atoms with E-state index in [1.54, 1.807) is 0 Å². The van der Waals surface area contributed by atoms with Gasteiger partial charge < -0.3 is 15.2 Å². The Balaban J connectivity index is 1.98. The molecule has 0 spiro atoms. The fraction of sp³-hybridized carbons (Fsp3) is 0.176. The zero-order chi connectivity index (χ0) is 19.1. The Morgan fingerprint density at radius 2 is 2.15 bits per heavy atom. The number of hydrogen-bond acceptors (Lipinski definition) is 7. The van der Waals surface area contributed by atoms with E-state index >= 15 is 0 Å². The number of anilines is 1. The van der Waals surface area contributed by atoms with Crippen molar-refractivity contribution in [3.05, 3.63) is 57.6 Å². The van der Waals surface area contributed by atoms with E-state index < -0.39 is 16.4 Å². The van der Waals surface area contributed by atoms with Crippen LogP contribution in [0, 0.1) is 17.0 Å². The van der Waals surface area contributed by atoms with E-state index in [-0.39, 0.29) is 18.2 Å². The summed E-state index contributed by atoms with van der Waals surface area (Å²) < 4.78 is 4.89. The number of nitro groups is 1. The summed E-state index contributed by atoms with van der Waals surface area (Å²) >= 11 is 0. The number of ether oxygens (including phenoxy) is 1. The first-order valence-electron chi connectivity index (χ1n) is 7.58. The van der Waals surface area contributed by atoms with Gasteiger partial charge in [0, 0.05) is 17.3 Å². The Bertz CT molecular complexity index is 851. The van der Waals surface area contributed by atoms with Gasteiger partial charge in [0.15, 0.2) is 5.75 Å². The molecule has 9 nitrogen and oxygen atoms in total. The Labute approximate surface area is 149 Å². The molecule has 0 aromatic heterocycles. The second-order valence-electron chi connectivity index (χ2n) is 5.36. The second kappa shape index (κ2) is 8.47. The van der Waals surface area contributed by atoms with Crippen LogP contribution in [-0.2, 0) is 4.79 Å². The number of carbonyl (C=O) groups excluding carboxylic acids is 1. The van der Waals surface area contributed by atoms with Crippen LogP contribution >= 0.6 is 0 Å². The summed E-state index contributed by atoms with van der Waals surface area (Å²) in [6.07, 6.45) is 1.22. The predicted molar refractivity (Wildman–Crippen MR) is 96.7 cm³/mol. The number of aromatic hydroxyl groups is 1. The highest BCUT2D eigenvalue weighted by molar-refractivity contribution is 5.86. The van der Waals surface area contributed by atoms with Gasteiger partial charge in [-0.3, -0.25) is 14.9 Å². The minimum Gasteiger partial charge on any atom is -0.500 e. The third-order valence-electron chi connectivity index (χ3n) is 3.37. The number of hydrazone groups is 1. The van der Waals surface area contributed by atoms with Crippen molar-refractivity contribution >= 4 is 23.5 Å². The van der Waals surface area contributed by atoms with Gasteiger partial charge in [0.25, 0.3) is 5.91 Å². The maximum Gasteiger partial charge on any atom is 0.315 e. The summed E-state index contributed by atoms with van der Waals surface area (Å²) in [5.74, 6) is -1.02. The molecule has 0 aliphatic carbocycles. The maximum absolute atomic E-state index is 11.8. The lowest BCUT2D eigenvalue weighted by molar-refractivity contribution is -0.386. The minimum absolute atomic E-state index is 0.0137. The number of nitrogens with zero attached hydrogens (tertiary/aromatic N) is 2. The lowest BCUT2D eigenvalue weighted by Gasteiger charge is -2.06. The molecule has 0 bridgehead atoms. The highest BCUT2D eigenvalue weighted by atomic mass is 16.6. The van der Waals surface area contributed by atoms with Gasteiger partial charge in [0.05, 0.1) is 24.8 Å². The molecule has 2 aromatic carbocycles. The highest BCUT2D eigenvalue weighted by Gasteiger charge is 2.19. The number of aryl methyl sites for hydroxylation is 1. The minimum atomic E-state index is -0.737. The fourth-order valence-corrected chi connectivity index (χ4v) is 2.14. The molecule has 2 rings (SSSR count). The number of amides is 1. The second-order valence-corrected chi connectivity index (χ2v) is 5.36. The van der Waals surface area contributed by atoms with Crippen LogP contribution in [0.15, 0.2) is 41.5 Å². The number of phenols is 1. The van der Waals surface area contributed by atoms with E-state index in [9.17, 15) is 20.0 Å². The molecule has 0 atom stereocenters. The van der Waals surface area contributed by atoms with Gasteiger partial charge in [-0.15, -0.1) is 0 Å². The van der Waals surface area contributed by atoms with Crippen LogP contribution < -0.4 is 15.5 Å². The quantitative estimate of drug-likeness (QED) is 0.396. The summed E-state index contributed by atoms with van der Waals surface area (Å²) in [4.78, 5) is 22.0. The summed E-state index contributed by atoms with van der Waals surface area (Å²) in [6.45, 7) is 1.96. The molecule has 0 radical (unpaired) electrons. The Morgan fingerprint density at radius 3 is 2.81 bits per heavy atom. The van der Waals surface area contributed by atoms with E-state index in [0.717, 1.165) is 17.3 Å². The van der Waals surface area contributed by atoms with Crippen molar-refractivity contribution < 1.29 is 19.6 Å². The summed E-state index contributed by atoms with van der Waals surface area (Å²) in [5.41, 5.74) is 3.96. The van der Waals surface area contributed by atoms with Crippen LogP contribution in [0.2, 0.25) is 0 Å². The van der Waals surface area contributed by atoms with E-state index in [0.29, 0.717) is 5.56 Å². The molecule has 0 fully saturated rings. The van der Waals surface area contributed by atoms with Crippen molar-refractivity contribution in [3.63, 3.8) is 0 Å². The Kier molecular flexibility index (Phi) is 6.10. The predicted octanol–water partition coefficient (Wildman–Crippen LogP) is 2.18. The molecule has 0 saturated heterocycles. The van der Waals surface area contributed by atoms with E-state index in [4.69, 9.17) is 4.74 Å². The topological polar surface area (TPSA) is 126 Å². The number of rotatable bonds is 7. The van der Waals surface area contributed by atoms with E-state index in [1.165, 1.54) is 19.4 Å². The summed E-state index contributed by atoms with van der Waals surface area (Å²) in [6, 6.07) is 10.0. The zero-order valence-electron chi connectivity index (χ0n) is 14.2. The average Bonchev–Trinajstić information content (AvgIpc) is 2.61. The van der Waals surface area contributed by atoms with Crippen molar-refractivity contribution in [3.8, 4) is 11.5 Å². The number of nitro benzene ring substituents is 1. The van der Waals surface area contributed by atoms with Crippen molar-refractivity contribution in [1.29, 1.82) is 0 Å². The average molecular weight is 358 g/mol. The van der Waals surface area contributed by atoms with Crippen LogP contribution in [0.1, 0.15) is 11.1 Å². The van der Waals surface area contributed by atoms with Crippen molar-refractivity contribution in [2.75, 3.05) is 19.0 Å². The number of phenolic OH excluding ortho intramolecular Hbond substituents is 1. The first-order valence-corrected chi connectivity index (χ1v) is 7.58. The van der Waals surface area contributed by atoms with Crippen molar-refractivity contribution in [2.24, 2.45) is 5.10 Å². The molecule has 0 heterocycles. The molecular weight excluding hydrogens is 340 g/mol. The molecule has 2 aromatic rings. The standard InChI is InChI=1S/C17H18N4O5/c1-11-4-3-5-13(6-11)18-10-16(22)20-19-9-12-7-14(21(24)25)17(23)15(8-12)26-2/h3-9,18,23H,10H2,1-2H3,(H,20,22)/b19-9-. The SMILES string of the molecule is COc1cc(/C=N\NC(=O)CNc2cccc(C)c2)cc([N+](=O)[O-])c1O. The van der Waals surface area contributed by atoms with Gasteiger partial charge in [0.1, 0.15) is 0 Å². The summed E-state index contributed by atoms with van der Waals surface area (Å²) in [5, 5.41) is 27.3. The fourth-order valence-electron chi connectivity index (χ4n) is 2.14. The monoisotopic (exact) mass is 358 g/mol. The number of methoxy groups -OCH3 is 1. The van der Waals surface area contributed by atoms with Crippen LogP contribution in [0.4, 0.5) is 11.4 Å². The molecule has 0 aliphatic heterocycles. The molecule has 0 unspecified atom stereocenters. The third-order valence-corrected chi connectivity index (χ3v) is 3.37. The van der Waals surface area contributed by atoms with E-state index in [1.807, 2.05) is 31.2 Å². The molecule has 9 heteroatoms. The Hall–Kier alpha value is -3.62. The molecule has 0 aliphatic rings. The summed E-state index contributed by atoms with van der Waals surface area (Å²) in [7, 11) is 1.28. The normalized spacial score (nSPS) is 10.5. The molecular formula is C17H18N4O5. The van der Waals surface area contributed by atoms with Crippen LogP contribution in [-0.4, -0.2) is 35.8 Å². The van der Waals surface area contributed by atoms with Crippen molar-refractivity contribution in [1.82, 2.24) is 5.43 Å². The lowest BCUT2D eigenvalue weighted by Crippen LogP contribution is -2.25. The number of benzene rings is 2. The molecule has 0 saturated carbocycles. The van der Waals surface area contributed by atoms with Gasteiger partial charge in [-0.2, -0.15) is 5.10 Å². The smallest absolute Gasteiger partial charge is 0.315 e. The zero-order valence-corrected chi connectivity index (χ0v) is 14.2. The third kappa shape index (κ3) is 4.94. The number of nitrogens with one attached hydrogen (secondary N) is 2.